The van der Waals surface area contributed by atoms with Crippen molar-refractivity contribution in [3.05, 3.63) is 28.2 Å². The highest BCUT2D eigenvalue weighted by molar-refractivity contribution is 9.10. The number of ether oxygens (including phenoxy) is 1. The third-order valence-electron chi connectivity index (χ3n) is 2.74. The summed E-state index contributed by atoms with van der Waals surface area (Å²) < 4.78 is 6.20. The van der Waals surface area contributed by atoms with Crippen LogP contribution in [0.4, 0.5) is 0 Å². The van der Waals surface area contributed by atoms with Crippen molar-refractivity contribution in [2.24, 2.45) is 0 Å². The van der Waals surface area contributed by atoms with Gasteiger partial charge in [0.1, 0.15) is 5.75 Å². The van der Waals surface area contributed by atoms with Crippen LogP contribution in [0.5, 0.6) is 5.75 Å². The lowest BCUT2D eigenvalue weighted by molar-refractivity contribution is -0.124. The van der Waals surface area contributed by atoms with Crippen molar-refractivity contribution >= 4 is 21.8 Å². The maximum Gasteiger partial charge on any atom is 0.237 e. The molecule has 0 fully saturated rings. The largest absolute Gasteiger partial charge is 0.497 e. The van der Waals surface area contributed by atoms with Gasteiger partial charge in [0.2, 0.25) is 5.91 Å². The quantitative estimate of drug-likeness (QED) is 0.864. The minimum Gasteiger partial charge on any atom is -0.497 e. The minimum absolute atomic E-state index is 0.00322. The molecule has 4 nitrogen and oxygen atoms in total. The number of nitrogens with one attached hydrogen (secondary N) is 2. The summed E-state index contributed by atoms with van der Waals surface area (Å²) in [5, 5.41) is 6.17. The van der Waals surface area contributed by atoms with Crippen LogP contribution in [0.25, 0.3) is 0 Å². The highest BCUT2D eigenvalue weighted by atomic mass is 79.9. The number of carbonyl (C=O) groups is 1. The molecule has 0 aliphatic heterocycles. The Morgan fingerprint density at radius 2 is 2.05 bits per heavy atom. The van der Waals surface area contributed by atoms with Crippen LogP contribution in [0.15, 0.2) is 22.7 Å². The number of rotatable bonds is 5. The lowest BCUT2D eigenvalue weighted by atomic mass is 10.1. The van der Waals surface area contributed by atoms with E-state index < -0.39 is 0 Å². The van der Waals surface area contributed by atoms with Gasteiger partial charge in [-0.3, -0.25) is 4.79 Å². The number of amides is 1. The van der Waals surface area contributed by atoms with Crippen molar-refractivity contribution in [2.45, 2.75) is 45.8 Å². The van der Waals surface area contributed by atoms with Gasteiger partial charge in [-0.15, -0.1) is 0 Å². The third-order valence-corrected chi connectivity index (χ3v) is 3.52. The number of methoxy groups -OCH3 is 1. The average molecular weight is 343 g/mol. The Hall–Kier alpha value is -1.07. The Morgan fingerprint density at radius 1 is 1.40 bits per heavy atom. The minimum atomic E-state index is -0.257. The fourth-order valence-corrected chi connectivity index (χ4v) is 2.03. The van der Waals surface area contributed by atoms with Gasteiger partial charge in [-0.25, -0.2) is 0 Å². The molecule has 0 spiro atoms. The molecule has 0 aliphatic rings. The van der Waals surface area contributed by atoms with Crippen molar-refractivity contribution < 1.29 is 9.53 Å². The van der Waals surface area contributed by atoms with E-state index in [-0.39, 0.29) is 17.5 Å². The molecule has 1 unspecified atom stereocenters. The molecule has 1 aromatic carbocycles. The summed E-state index contributed by atoms with van der Waals surface area (Å²) in [5.41, 5.74) is 0.837. The molecule has 20 heavy (non-hydrogen) atoms. The second kappa shape index (κ2) is 7.09. The molecule has 0 saturated carbocycles. The van der Waals surface area contributed by atoms with Crippen molar-refractivity contribution in [3.63, 3.8) is 0 Å². The summed E-state index contributed by atoms with van der Waals surface area (Å²) in [6.45, 7) is 8.36. The zero-order valence-corrected chi connectivity index (χ0v) is 14.3. The van der Waals surface area contributed by atoms with Crippen LogP contribution in [0, 0.1) is 0 Å². The fraction of sp³-hybridized carbons (Fsp3) is 0.533. The van der Waals surface area contributed by atoms with Crippen molar-refractivity contribution in [1.82, 2.24) is 10.6 Å². The Labute approximate surface area is 129 Å². The molecule has 0 bridgehead atoms. The second-order valence-corrected chi connectivity index (χ2v) is 6.65. The van der Waals surface area contributed by atoms with E-state index in [9.17, 15) is 4.79 Å². The van der Waals surface area contributed by atoms with Gasteiger partial charge in [-0.1, -0.05) is 15.9 Å². The Morgan fingerprint density at radius 3 is 2.60 bits per heavy atom. The first-order valence-corrected chi connectivity index (χ1v) is 7.40. The first-order valence-electron chi connectivity index (χ1n) is 6.61. The Kier molecular flexibility index (Phi) is 6.02. The molecule has 0 saturated heterocycles. The zero-order valence-electron chi connectivity index (χ0n) is 12.7. The standard InChI is InChI=1S/C15H23BrN2O2/c1-10(14(19)18-15(2,3)4)17-9-11-8-12(20-5)6-7-13(11)16/h6-8,10,17H,9H2,1-5H3,(H,18,19). The van der Waals surface area contributed by atoms with Crippen molar-refractivity contribution in [2.75, 3.05) is 7.11 Å². The lowest BCUT2D eigenvalue weighted by Gasteiger charge is -2.24. The Balaban J connectivity index is 2.60. The maximum absolute atomic E-state index is 12.0. The molecule has 0 aliphatic carbocycles. The normalized spacial score (nSPS) is 12.9. The molecule has 5 heteroatoms. The summed E-state index contributed by atoms with van der Waals surface area (Å²) >= 11 is 3.50. The first kappa shape index (κ1) is 17.0. The smallest absolute Gasteiger partial charge is 0.237 e. The highest BCUT2D eigenvalue weighted by Gasteiger charge is 2.18. The topological polar surface area (TPSA) is 50.4 Å². The maximum atomic E-state index is 12.0. The molecule has 0 radical (unpaired) electrons. The number of hydrogen-bond acceptors (Lipinski definition) is 3. The van der Waals surface area contributed by atoms with Crippen LogP contribution in [0.3, 0.4) is 0 Å². The number of benzene rings is 1. The van der Waals surface area contributed by atoms with Gasteiger partial charge in [0.15, 0.2) is 0 Å². The van der Waals surface area contributed by atoms with E-state index in [1.165, 1.54) is 0 Å². The summed E-state index contributed by atoms with van der Waals surface area (Å²) in [5.74, 6) is 0.799. The summed E-state index contributed by atoms with van der Waals surface area (Å²) in [6.07, 6.45) is 0. The van der Waals surface area contributed by atoms with Gasteiger partial charge in [0.05, 0.1) is 13.2 Å². The SMILES string of the molecule is COc1ccc(Br)c(CNC(C)C(=O)NC(C)(C)C)c1. The molecule has 1 aromatic rings. The number of carbonyl (C=O) groups excluding carboxylic acids is 1. The highest BCUT2D eigenvalue weighted by Crippen LogP contribution is 2.22. The van der Waals surface area contributed by atoms with Crippen LogP contribution in [-0.4, -0.2) is 24.6 Å². The van der Waals surface area contributed by atoms with Gasteiger partial charge >= 0.3 is 0 Å². The fourth-order valence-electron chi connectivity index (χ4n) is 1.65. The summed E-state index contributed by atoms with van der Waals surface area (Å²) in [4.78, 5) is 12.0. The van der Waals surface area contributed by atoms with Gasteiger partial charge in [-0.05, 0) is 51.5 Å². The van der Waals surface area contributed by atoms with Gasteiger partial charge < -0.3 is 15.4 Å². The molecule has 1 rings (SSSR count). The second-order valence-electron chi connectivity index (χ2n) is 5.80. The van der Waals surface area contributed by atoms with Gasteiger partial charge in [0, 0.05) is 16.6 Å². The molecule has 1 amide bonds. The number of halogens is 1. The van der Waals surface area contributed by atoms with E-state index in [2.05, 4.69) is 26.6 Å². The molecule has 112 valence electrons. The van der Waals surface area contributed by atoms with E-state index in [4.69, 9.17) is 4.74 Å². The van der Waals surface area contributed by atoms with Crippen LogP contribution < -0.4 is 15.4 Å². The van der Waals surface area contributed by atoms with Crippen molar-refractivity contribution in [3.8, 4) is 5.75 Å². The van der Waals surface area contributed by atoms with Crippen LogP contribution in [0.2, 0.25) is 0 Å². The molecular formula is C15H23BrN2O2. The molecule has 2 N–H and O–H groups in total. The van der Waals surface area contributed by atoms with Gasteiger partial charge in [0.25, 0.3) is 0 Å². The van der Waals surface area contributed by atoms with E-state index in [1.807, 2.05) is 45.9 Å². The Bertz CT molecular complexity index is 469. The predicted octanol–water partition coefficient (Wildman–Crippen LogP) is 2.85. The van der Waals surface area contributed by atoms with Crippen LogP contribution >= 0.6 is 15.9 Å². The summed E-state index contributed by atoms with van der Waals surface area (Å²) in [6, 6.07) is 5.53. The van der Waals surface area contributed by atoms with Crippen LogP contribution in [0.1, 0.15) is 33.3 Å². The van der Waals surface area contributed by atoms with Gasteiger partial charge in [-0.2, -0.15) is 0 Å². The predicted molar refractivity (Wildman–Crippen MR) is 84.9 cm³/mol. The van der Waals surface area contributed by atoms with E-state index >= 15 is 0 Å². The molecule has 0 heterocycles. The van der Waals surface area contributed by atoms with E-state index in [0.717, 1.165) is 15.8 Å². The zero-order chi connectivity index (χ0) is 15.3. The molecular weight excluding hydrogens is 320 g/mol. The lowest BCUT2D eigenvalue weighted by Crippen LogP contribution is -2.49. The monoisotopic (exact) mass is 342 g/mol. The van der Waals surface area contributed by atoms with Crippen molar-refractivity contribution in [1.29, 1.82) is 0 Å². The molecule has 1 atom stereocenters. The summed E-state index contributed by atoms with van der Waals surface area (Å²) in [7, 11) is 1.64. The number of hydrogen-bond donors (Lipinski definition) is 2. The van der Waals surface area contributed by atoms with Crippen LogP contribution in [-0.2, 0) is 11.3 Å². The average Bonchev–Trinajstić information content (AvgIpc) is 2.35. The first-order chi connectivity index (χ1) is 9.23. The molecule has 0 aromatic heterocycles. The van der Waals surface area contributed by atoms with E-state index in [0.29, 0.717) is 6.54 Å². The third kappa shape index (κ3) is 5.51. The van der Waals surface area contributed by atoms with E-state index in [1.54, 1.807) is 7.11 Å².